The lowest BCUT2D eigenvalue weighted by Crippen LogP contribution is -2.61. The van der Waals surface area contributed by atoms with Crippen molar-refractivity contribution in [1.29, 1.82) is 0 Å². The van der Waals surface area contributed by atoms with E-state index in [9.17, 15) is 24.3 Å². The number of nitrogens with zero attached hydrogens (tertiary/aromatic N) is 2. The second-order valence-electron chi connectivity index (χ2n) is 13.2. The van der Waals surface area contributed by atoms with Crippen molar-refractivity contribution >= 4 is 23.7 Å². The Bertz CT molecular complexity index is 1300. The highest BCUT2D eigenvalue weighted by Crippen LogP contribution is 2.54. The molecule has 1 aromatic carbocycles. The van der Waals surface area contributed by atoms with Gasteiger partial charge in [0.15, 0.2) is 0 Å². The lowest BCUT2D eigenvalue weighted by atomic mass is 9.77. The molecule has 3 amide bonds. The standard InChI is InChI=1S/C33H43N3O7/c1-20(2)23(18-37)36-28-31(41)35(32(3,4)5)17-11-16-33(28)27(30(36)40)26-24(43-33)14-9-10-15-25(38)42-19-22(34-29(26)39)21-12-7-6-8-13-21/h6-9,11-14,16,20,22-24,26-28,37H,10,15,17-19H2,1-5H3,(H,34,39)/b14-9-/t22-,23+,24+,26-,27-,28+,33-/m1/s1. The molecule has 0 aromatic heterocycles. The van der Waals surface area contributed by atoms with Crippen LogP contribution in [0.3, 0.4) is 0 Å². The third kappa shape index (κ3) is 5.51. The zero-order valence-corrected chi connectivity index (χ0v) is 25.6. The largest absolute Gasteiger partial charge is 0.463 e. The highest BCUT2D eigenvalue weighted by atomic mass is 16.5. The normalized spacial score (nSPS) is 33.0. The first kappa shape index (κ1) is 30.9. The molecule has 1 aromatic rings. The van der Waals surface area contributed by atoms with Crippen molar-refractivity contribution in [3.8, 4) is 0 Å². The monoisotopic (exact) mass is 593 g/mol. The van der Waals surface area contributed by atoms with E-state index in [0.717, 1.165) is 5.56 Å². The summed E-state index contributed by atoms with van der Waals surface area (Å²) in [6, 6.07) is 6.85. The van der Waals surface area contributed by atoms with E-state index in [4.69, 9.17) is 9.47 Å². The number of aliphatic hydroxyl groups excluding tert-OH is 1. The molecule has 7 atom stereocenters. The summed E-state index contributed by atoms with van der Waals surface area (Å²) in [7, 11) is 0. The van der Waals surface area contributed by atoms with Crippen LogP contribution >= 0.6 is 0 Å². The van der Waals surface area contributed by atoms with E-state index in [-0.39, 0.29) is 37.4 Å². The van der Waals surface area contributed by atoms with E-state index in [1.54, 1.807) is 23.1 Å². The molecule has 43 heavy (non-hydrogen) atoms. The van der Waals surface area contributed by atoms with Crippen LogP contribution in [0.15, 0.2) is 54.6 Å². The predicted octanol–water partition coefficient (Wildman–Crippen LogP) is 2.53. The number of carbonyl (C=O) groups is 4. The number of likely N-dealkylation sites (tertiary alicyclic amines) is 1. The molecule has 232 valence electrons. The summed E-state index contributed by atoms with van der Waals surface area (Å²) in [5.74, 6) is -3.63. The van der Waals surface area contributed by atoms with Crippen molar-refractivity contribution in [3.63, 3.8) is 0 Å². The summed E-state index contributed by atoms with van der Waals surface area (Å²) in [5, 5.41) is 13.5. The van der Waals surface area contributed by atoms with Gasteiger partial charge in [0.25, 0.3) is 0 Å². The van der Waals surface area contributed by atoms with Gasteiger partial charge in [-0.25, -0.2) is 0 Å². The highest BCUT2D eigenvalue weighted by Gasteiger charge is 2.72. The van der Waals surface area contributed by atoms with Crippen LogP contribution in [0, 0.1) is 17.8 Å². The number of nitrogens with one attached hydrogen (secondary N) is 1. The predicted molar refractivity (Wildman–Crippen MR) is 158 cm³/mol. The quantitative estimate of drug-likeness (QED) is 0.406. The molecule has 4 aliphatic rings. The van der Waals surface area contributed by atoms with Gasteiger partial charge in [0.2, 0.25) is 17.7 Å². The number of carbonyl (C=O) groups excluding carboxylic acids is 4. The lowest BCUT2D eigenvalue weighted by molar-refractivity contribution is -0.154. The Kier molecular flexibility index (Phi) is 8.55. The Morgan fingerprint density at radius 2 is 1.79 bits per heavy atom. The van der Waals surface area contributed by atoms with Crippen LogP contribution in [0.2, 0.25) is 0 Å². The molecule has 10 nitrogen and oxygen atoms in total. The minimum atomic E-state index is -1.43. The Hall–Kier alpha value is -3.50. The molecule has 0 bridgehead atoms. The molecule has 0 unspecified atom stereocenters. The average molecular weight is 594 g/mol. The van der Waals surface area contributed by atoms with Crippen molar-refractivity contribution in [2.45, 2.75) is 82.8 Å². The van der Waals surface area contributed by atoms with Crippen LogP contribution in [0.25, 0.3) is 0 Å². The summed E-state index contributed by atoms with van der Waals surface area (Å²) >= 11 is 0. The third-order valence-corrected chi connectivity index (χ3v) is 9.13. The van der Waals surface area contributed by atoms with Gasteiger partial charge in [-0.15, -0.1) is 0 Å². The van der Waals surface area contributed by atoms with Gasteiger partial charge in [-0.2, -0.15) is 0 Å². The fourth-order valence-corrected chi connectivity index (χ4v) is 6.96. The molecule has 5 rings (SSSR count). The minimum absolute atomic E-state index is 0.0616. The zero-order chi connectivity index (χ0) is 31.1. The maximum Gasteiger partial charge on any atom is 0.306 e. The number of fused-ring (bicyclic) bond motifs is 2. The summed E-state index contributed by atoms with van der Waals surface area (Å²) in [4.78, 5) is 59.0. The molecular formula is C33H43N3O7. The zero-order valence-electron chi connectivity index (χ0n) is 25.6. The van der Waals surface area contributed by atoms with Gasteiger partial charge in [-0.3, -0.25) is 19.2 Å². The van der Waals surface area contributed by atoms with Gasteiger partial charge >= 0.3 is 5.97 Å². The van der Waals surface area contributed by atoms with Crippen molar-refractivity contribution in [1.82, 2.24) is 15.1 Å². The van der Waals surface area contributed by atoms with E-state index >= 15 is 0 Å². The van der Waals surface area contributed by atoms with E-state index < -0.39 is 59.0 Å². The number of ether oxygens (including phenoxy) is 2. The lowest BCUT2D eigenvalue weighted by Gasteiger charge is -2.42. The van der Waals surface area contributed by atoms with Crippen molar-refractivity contribution in [2.75, 3.05) is 19.8 Å². The SMILES string of the molecule is CC(C)[C@H](CO)N1C(=O)[C@H]2[C@@H]3C(=O)N[C@@H](c4ccccc4)COC(=O)CC/C=C\[C@@H]3O[C@]23C=CCN(C(C)(C)C)C(=O)[C@H]13. The molecule has 2 N–H and O–H groups in total. The van der Waals surface area contributed by atoms with Gasteiger partial charge < -0.3 is 29.7 Å². The maximum atomic E-state index is 14.6. The van der Waals surface area contributed by atoms with Crippen LogP contribution in [0.4, 0.5) is 0 Å². The second kappa shape index (κ2) is 11.9. The number of aliphatic hydroxyl groups is 1. The molecule has 2 fully saturated rings. The topological polar surface area (TPSA) is 125 Å². The fourth-order valence-electron chi connectivity index (χ4n) is 6.96. The van der Waals surface area contributed by atoms with Crippen molar-refractivity contribution < 1.29 is 33.8 Å². The minimum Gasteiger partial charge on any atom is -0.463 e. The molecule has 1 spiro atoms. The average Bonchev–Trinajstić information content (AvgIpc) is 3.33. The number of hydrogen-bond acceptors (Lipinski definition) is 7. The van der Waals surface area contributed by atoms with Gasteiger partial charge in [-0.1, -0.05) is 68.5 Å². The second-order valence-corrected chi connectivity index (χ2v) is 13.2. The molecule has 0 aliphatic carbocycles. The third-order valence-electron chi connectivity index (χ3n) is 9.13. The number of amides is 3. The maximum absolute atomic E-state index is 14.6. The molecule has 4 aliphatic heterocycles. The number of benzene rings is 1. The van der Waals surface area contributed by atoms with Gasteiger partial charge in [0.05, 0.1) is 36.6 Å². The molecule has 0 radical (unpaired) electrons. The van der Waals surface area contributed by atoms with Crippen LogP contribution in [-0.4, -0.2) is 87.7 Å². The molecule has 10 heteroatoms. The molecule has 0 saturated carbocycles. The Balaban J connectivity index is 1.63. The van der Waals surface area contributed by atoms with Gasteiger partial charge in [0.1, 0.15) is 18.2 Å². The number of esters is 1. The highest BCUT2D eigenvalue weighted by molar-refractivity contribution is 6.00. The van der Waals surface area contributed by atoms with Gasteiger partial charge in [0, 0.05) is 18.5 Å². The van der Waals surface area contributed by atoms with E-state index in [1.165, 1.54) is 4.90 Å². The van der Waals surface area contributed by atoms with E-state index in [1.807, 2.05) is 71.0 Å². The van der Waals surface area contributed by atoms with Gasteiger partial charge in [-0.05, 0) is 38.7 Å². The first-order valence-corrected chi connectivity index (χ1v) is 15.2. The van der Waals surface area contributed by atoms with Crippen LogP contribution in [0.5, 0.6) is 0 Å². The van der Waals surface area contributed by atoms with Crippen molar-refractivity contribution in [2.24, 2.45) is 17.8 Å². The van der Waals surface area contributed by atoms with E-state index in [2.05, 4.69) is 5.32 Å². The van der Waals surface area contributed by atoms with Crippen LogP contribution in [0.1, 0.15) is 59.1 Å². The molecule has 4 heterocycles. The molecular weight excluding hydrogens is 550 g/mol. The smallest absolute Gasteiger partial charge is 0.306 e. The summed E-state index contributed by atoms with van der Waals surface area (Å²) < 4.78 is 12.3. The number of rotatable bonds is 4. The number of hydrogen-bond donors (Lipinski definition) is 2. The van der Waals surface area contributed by atoms with Crippen LogP contribution < -0.4 is 5.32 Å². The summed E-state index contributed by atoms with van der Waals surface area (Å²) in [5.41, 5.74) is -1.22. The Labute approximate surface area is 253 Å². The molecule has 2 saturated heterocycles. The van der Waals surface area contributed by atoms with Crippen molar-refractivity contribution in [3.05, 3.63) is 60.2 Å². The first-order chi connectivity index (χ1) is 20.4. The Morgan fingerprint density at radius 1 is 1.07 bits per heavy atom. The summed E-state index contributed by atoms with van der Waals surface area (Å²) in [6.45, 7) is 9.53. The summed E-state index contributed by atoms with van der Waals surface area (Å²) in [6.07, 6.45) is 6.85. The Morgan fingerprint density at radius 3 is 2.44 bits per heavy atom. The number of allylic oxidation sites excluding steroid dienone is 1. The van der Waals surface area contributed by atoms with Crippen LogP contribution in [-0.2, 0) is 28.7 Å². The number of cyclic esters (lactones) is 1. The first-order valence-electron chi connectivity index (χ1n) is 15.2. The fraction of sp³-hybridized carbons (Fsp3) is 0.576. The van der Waals surface area contributed by atoms with E-state index in [0.29, 0.717) is 13.0 Å².